The van der Waals surface area contributed by atoms with Crippen LogP contribution in [-0.4, -0.2) is 25.0 Å². The van der Waals surface area contributed by atoms with Crippen LogP contribution in [-0.2, 0) is 0 Å². The molecule has 0 radical (unpaired) electrons. The third-order valence-electron chi connectivity index (χ3n) is 2.82. The zero-order chi connectivity index (χ0) is 15.6. The van der Waals surface area contributed by atoms with Crippen molar-refractivity contribution >= 4 is 36.7 Å². The summed E-state index contributed by atoms with van der Waals surface area (Å²) in [5.74, 6) is 0. The van der Waals surface area contributed by atoms with Crippen molar-refractivity contribution in [1.82, 2.24) is 9.97 Å². The van der Waals surface area contributed by atoms with E-state index in [1.807, 2.05) is 36.4 Å². The van der Waals surface area contributed by atoms with Crippen molar-refractivity contribution in [1.29, 1.82) is 0 Å². The molecule has 2 nitrogen and oxygen atoms in total. The molecule has 0 aliphatic rings. The monoisotopic (exact) mass is 476 g/mol. The summed E-state index contributed by atoms with van der Waals surface area (Å²) in [6.45, 7) is 4.40. The molecule has 2 heterocycles. The first kappa shape index (κ1) is 18.9. The van der Waals surface area contributed by atoms with Gasteiger partial charge in [0.15, 0.2) is 0 Å². The average Bonchev–Trinajstić information content (AvgIpc) is 2.49. The van der Waals surface area contributed by atoms with Crippen LogP contribution in [0.4, 0.5) is 0 Å². The van der Waals surface area contributed by atoms with Crippen LogP contribution in [0.5, 0.6) is 0 Å². The molecule has 0 amide bonds. The van der Waals surface area contributed by atoms with Crippen LogP contribution in [0.1, 0.15) is 26.7 Å². The standard InChI is InChI=1S/C10H8N2.2C3H7.BrH.ClH.Sn/c1-3-7-11-9(5-1)10-6-2-4-8-12-10;2*1-3-2;;;/h1-8H;2*1,3H2,2H3;2*1H;/q;;;;;+2/p-2. The van der Waals surface area contributed by atoms with Gasteiger partial charge >= 0.3 is 72.2 Å². The number of hydrogen-bond acceptors (Lipinski definition) is 2. The Kier molecular flexibility index (Phi) is 9.52. The van der Waals surface area contributed by atoms with Gasteiger partial charge in [0.25, 0.3) is 0 Å². The maximum atomic E-state index is 6.26. The van der Waals surface area contributed by atoms with E-state index in [-0.39, 0.29) is 0 Å². The molecule has 0 bridgehead atoms. The number of halogens is 2. The van der Waals surface area contributed by atoms with Crippen LogP contribution in [0.15, 0.2) is 48.8 Å². The van der Waals surface area contributed by atoms with E-state index in [1.165, 1.54) is 21.7 Å². The summed E-state index contributed by atoms with van der Waals surface area (Å²) in [7, 11) is 6.26. The minimum atomic E-state index is -2.09. The van der Waals surface area contributed by atoms with Crippen LogP contribution in [0.2, 0.25) is 8.87 Å². The van der Waals surface area contributed by atoms with E-state index in [0.29, 0.717) is 0 Å². The van der Waals surface area contributed by atoms with Gasteiger partial charge in [-0.3, -0.25) is 9.97 Å². The van der Waals surface area contributed by atoms with Gasteiger partial charge in [0.2, 0.25) is 0 Å². The van der Waals surface area contributed by atoms with Gasteiger partial charge in [-0.25, -0.2) is 0 Å². The summed E-state index contributed by atoms with van der Waals surface area (Å²) in [5, 5.41) is 0. The first-order valence-electron chi connectivity index (χ1n) is 7.29. The molecule has 0 fully saturated rings. The van der Waals surface area contributed by atoms with Crippen molar-refractivity contribution in [2.45, 2.75) is 35.6 Å². The maximum absolute atomic E-state index is 6.26. The number of pyridine rings is 2. The summed E-state index contributed by atoms with van der Waals surface area (Å²) < 4.78 is 2.54. The molecule has 114 valence electrons. The molecule has 0 aromatic carbocycles. The molecule has 2 aromatic heterocycles. The largest absolute Gasteiger partial charge is 0.255 e. The zero-order valence-corrected chi connectivity index (χ0v) is 17.8. The smallest absolute Gasteiger partial charge is 0.0886 e. The average molecular weight is 476 g/mol. The quantitative estimate of drug-likeness (QED) is 0.493. The Morgan fingerprint density at radius 3 is 1.62 bits per heavy atom. The molecule has 0 saturated heterocycles. The summed E-state index contributed by atoms with van der Waals surface area (Å²) >= 11 is 1.59. The van der Waals surface area contributed by atoms with Crippen molar-refractivity contribution in [3.05, 3.63) is 48.8 Å². The van der Waals surface area contributed by atoms with E-state index in [1.54, 1.807) is 12.4 Å². The Balaban J connectivity index is 0.000000222. The molecule has 0 atom stereocenters. The summed E-state index contributed by atoms with van der Waals surface area (Å²) in [4.78, 5) is 8.37. The van der Waals surface area contributed by atoms with E-state index in [4.69, 9.17) is 8.92 Å². The topological polar surface area (TPSA) is 25.8 Å². The third-order valence-corrected chi connectivity index (χ3v) is 17.7. The van der Waals surface area contributed by atoms with Gasteiger partial charge < -0.3 is 0 Å². The molecular formula is C16H22BrClN2Sn. The Morgan fingerprint density at radius 1 is 0.905 bits per heavy atom. The van der Waals surface area contributed by atoms with Crippen molar-refractivity contribution in [3.63, 3.8) is 0 Å². The fourth-order valence-electron chi connectivity index (χ4n) is 1.89. The van der Waals surface area contributed by atoms with Crippen LogP contribution in [0, 0.1) is 0 Å². The SMILES string of the molecule is CC[CH2][Sn]([Cl])([Br])[CH2]CC.c1ccc(-c2ccccn2)nc1. The second-order valence-corrected chi connectivity index (χ2v) is 30.6. The molecular weight excluding hydrogens is 454 g/mol. The fraction of sp³-hybridized carbons (Fsp3) is 0.375. The van der Waals surface area contributed by atoms with Gasteiger partial charge in [0, 0.05) is 12.4 Å². The maximum Gasteiger partial charge on any atom is 0.0886 e. The van der Waals surface area contributed by atoms with E-state index in [0.717, 1.165) is 11.4 Å². The molecule has 0 unspecified atom stereocenters. The Hall–Kier alpha value is -0.131. The molecule has 21 heavy (non-hydrogen) atoms. The van der Waals surface area contributed by atoms with Gasteiger partial charge in [0.1, 0.15) is 0 Å². The summed E-state index contributed by atoms with van der Waals surface area (Å²) in [6.07, 6.45) is 6.02. The van der Waals surface area contributed by atoms with Crippen LogP contribution in [0.25, 0.3) is 11.4 Å². The molecule has 5 heteroatoms. The molecule has 0 spiro atoms. The van der Waals surface area contributed by atoms with Crippen LogP contribution < -0.4 is 0 Å². The molecule has 2 rings (SSSR count). The van der Waals surface area contributed by atoms with Gasteiger partial charge in [-0.15, -0.1) is 0 Å². The fourth-order valence-corrected chi connectivity index (χ4v) is 14.6. The minimum absolute atomic E-state index is 0.915. The van der Waals surface area contributed by atoms with E-state index >= 15 is 0 Å². The predicted octanol–water partition coefficient (Wildman–Crippen LogP) is 6.03. The van der Waals surface area contributed by atoms with Gasteiger partial charge in [-0.1, -0.05) is 12.1 Å². The van der Waals surface area contributed by atoms with Gasteiger partial charge in [0.05, 0.1) is 11.4 Å². The molecule has 2 aromatic rings. The first-order valence-corrected chi connectivity index (χ1v) is 21.3. The molecule has 0 aliphatic heterocycles. The number of aromatic nitrogens is 2. The molecule has 0 saturated carbocycles. The van der Waals surface area contributed by atoms with Crippen LogP contribution in [0.3, 0.4) is 0 Å². The summed E-state index contributed by atoms with van der Waals surface area (Å²) in [6, 6.07) is 11.6. The van der Waals surface area contributed by atoms with Crippen molar-refractivity contribution in [3.8, 4) is 11.4 Å². The second-order valence-electron chi connectivity index (χ2n) is 4.79. The van der Waals surface area contributed by atoms with Crippen molar-refractivity contribution in [2.24, 2.45) is 0 Å². The number of hydrogen-bond donors (Lipinski definition) is 0. The van der Waals surface area contributed by atoms with Gasteiger partial charge in [-0.2, -0.15) is 0 Å². The minimum Gasteiger partial charge on any atom is -0.255 e. The molecule has 0 aliphatic carbocycles. The number of rotatable bonds is 5. The normalized spacial score (nSPS) is 10.7. The Bertz CT molecular complexity index is 449. The Morgan fingerprint density at radius 2 is 1.33 bits per heavy atom. The van der Waals surface area contributed by atoms with Crippen molar-refractivity contribution in [2.75, 3.05) is 0 Å². The Labute approximate surface area is 141 Å². The third kappa shape index (κ3) is 8.17. The van der Waals surface area contributed by atoms with Crippen LogP contribution >= 0.6 is 21.6 Å². The first-order chi connectivity index (χ1) is 10.1. The van der Waals surface area contributed by atoms with E-state index in [9.17, 15) is 0 Å². The van der Waals surface area contributed by atoms with E-state index < -0.39 is 15.0 Å². The zero-order valence-electron chi connectivity index (χ0n) is 12.6. The van der Waals surface area contributed by atoms with Gasteiger partial charge in [-0.05, 0) is 24.3 Å². The second kappa shape index (κ2) is 10.6. The predicted molar refractivity (Wildman–Crippen MR) is 98.2 cm³/mol. The van der Waals surface area contributed by atoms with Crippen molar-refractivity contribution < 1.29 is 0 Å². The molecule has 0 N–H and O–H groups in total. The van der Waals surface area contributed by atoms with E-state index in [2.05, 4.69) is 36.5 Å². The number of nitrogens with zero attached hydrogens (tertiary/aromatic N) is 2. The summed E-state index contributed by atoms with van der Waals surface area (Å²) in [5.41, 5.74) is 1.83.